The SMILES string of the molecule is CC(C(N)=O)N(C)Cc1cc(OCc2cccc(F)c2)no1. The number of likely N-dealkylation sites (N-methyl/N-ethyl adjacent to an activating group) is 1. The average Bonchev–Trinajstić information content (AvgIpc) is 2.91. The first-order valence-corrected chi connectivity index (χ1v) is 6.78. The summed E-state index contributed by atoms with van der Waals surface area (Å²) in [6.07, 6.45) is 0. The van der Waals surface area contributed by atoms with E-state index in [-0.39, 0.29) is 12.4 Å². The van der Waals surface area contributed by atoms with Crippen molar-refractivity contribution in [2.24, 2.45) is 5.73 Å². The lowest BCUT2D eigenvalue weighted by Gasteiger charge is -2.19. The quantitative estimate of drug-likeness (QED) is 0.842. The summed E-state index contributed by atoms with van der Waals surface area (Å²) in [6, 6.07) is 7.34. The van der Waals surface area contributed by atoms with E-state index in [1.807, 2.05) is 0 Å². The Hall–Kier alpha value is -2.41. The Balaban J connectivity index is 1.90. The van der Waals surface area contributed by atoms with E-state index in [2.05, 4.69) is 5.16 Å². The fourth-order valence-corrected chi connectivity index (χ4v) is 1.82. The summed E-state index contributed by atoms with van der Waals surface area (Å²) in [6.45, 7) is 2.28. The van der Waals surface area contributed by atoms with E-state index in [1.165, 1.54) is 12.1 Å². The summed E-state index contributed by atoms with van der Waals surface area (Å²) >= 11 is 0. The van der Waals surface area contributed by atoms with Crippen molar-refractivity contribution in [3.8, 4) is 5.88 Å². The minimum absolute atomic E-state index is 0.192. The lowest BCUT2D eigenvalue weighted by atomic mass is 10.2. The number of ether oxygens (including phenoxy) is 1. The molecule has 1 aromatic carbocycles. The standard InChI is InChI=1S/C15H18FN3O3/c1-10(15(17)20)19(2)8-13-7-14(18-22-13)21-9-11-4-3-5-12(16)6-11/h3-7,10H,8-9H2,1-2H3,(H2,17,20). The van der Waals surface area contributed by atoms with Gasteiger partial charge in [-0.25, -0.2) is 4.39 Å². The number of nitrogens with two attached hydrogens (primary N) is 1. The number of primary amides is 1. The summed E-state index contributed by atoms with van der Waals surface area (Å²) < 4.78 is 23.6. The summed E-state index contributed by atoms with van der Waals surface area (Å²) in [7, 11) is 1.76. The number of halogens is 1. The fourth-order valence-electron chi connectivity index (χ4n) is 1.82. The number of rotatable bonds is 7. The van der Waals surface area contributed by atoms with Crippen LogP contribution in [0.3, 0.4) is 0 Å². The molecule has 22 heavy (non-hydrogen) atoms. The highest BCUT2D eigenvalue weighted by atomic mass is 19.1. The number of hydrogen-bond acceptors (Lipinski definition) is 5. The van der Waals surface area contributed by atoms with E-state index in [0.29, 0.717) is 23.7 Å². The first kappa shape index (κ1) is 16.0. The molecule has 0 spiro atoms. The molecule has 1 amide bonds. The monoisotopic (exact) mass is 307 g/mol. The smallest absolute Gasteiger partial charge is 0.254 e. The highest BCUT2D eigenvalue weighted by Crippen LogP contribution is 2.16. The van der Waals surface area contributed by atoms with Crippen LogP contribution in [0, 0.1) is 5.82 Å². The Morgan fingerprint density at radius 3 is 2.95 bits per heavy atom. The van der Waals surface area contributed by atoms with E-state index in [9.17, 15) is 9.18 Å². The Labute approximate surface area is 127 Å². The predicted octanol–water partition coefficient (Wildman–Crippen LogP) is 1.70. The summed E-state index contributed by atoms with van der Waals surface area (Å²) in [4.78, 5) is 12.8. The molecule has 2 rings (SSSR count). The number of aromatic nitrogens is 1. The molecule has 1 aromatic heterocycles. The maximum absolute atomic E-state index is 13.0. The zero-order chi connectivity index (χ0) is 16.1. The molecule has 0 aliphatic heterocycles. The zero-order valence-electron chi connectivity index (χ0n) is 12.5. The lowest BCUT2D eigenvalue weighted by Crippen LogP contribution is -2.39. The maximum atomic E-state index is 13.0. The van der Waals surface area contributed by atoms with Crippen molar-refractivity contribution in [3.05, 3.63) is 47.5 Å². The van der Waals surface area contributed by atoms with Crippen LogP contribution in [0.1, 0.15) is 18.2 Å². The van der Waals surface area contributed by atoms with Crippen LogP contribution in [0.2, 0.25) is 0 Å². The third kappa shape index (κ3) is 4.29. The highest BCUT2D eigenvalue weighted by molar-refractivity contribution is 5.79. The van der Waals surface area contributed by atoms with Gasteiger partial charge in [-0.2, -0.15) is 0 Å². The molecule has 7 heteroatoms. The highest BCUT2D eigenvalue weighted by Gasteiger charge is 2.17. The molecule has 0 bridgehead atoms. The number of hydrogen-bond donors (Lipinski definition) is 1. The van der Waals surface area contributed by atoms with Crippen molar-refractivity contribution >= 4 is 5.91 Å². The van der Waals surface area contributed by atoms with Gasteiger partial charge in [-0.05, 0) is 36.8 Å². The van der Waals surface area contributed by atoms with Crippen LogP contribution in [0.15, 0.2) is 34.9 Å². The van der Waals surface area contributed by atoms with Gasteiger partial charge in [0.2, 0.25) is 5.91 Å². The third-order valence-corrected chi connectivity index (χ3v) is 3.29. The molecule has 0 radical (unpaired) electrons. The summed E-state index contributed by atoms with van der Waals surface area (Å²) in [5, 5.41) is 3.78. The van der Waals surface area contributed by atoms with Crippen molar-refractivity contribution in [2.75, 3.05) is 7.05 Å². The Kier molecular flexibility index (Phi) is 5.11. The van der Waals surface area contributed by atoms with E-state index < -0.39 is 11.9 Å². The predicted molar refractivity (Wildman–Crippen MR) is 77.4 cm³/mol. The zero-order valence-corrected chi connectivity index (χ0v) is 12.5. The second kappa shape index (κ2) is 7.04. The molecule has 1 heterocycles. The Morgan fingerprint density at radius 1 is 1.50 bits per heavy atom. The normalized spacial score (nSPS) is 12.4. The first-order chi connectivity index (χ1) is 10.5. The molecule has 6 nitrogen and oxygen atoms in total. The van der Waals surface area contributed by atoms with Gasteiger partial charge in [0.15, 0.2) is 5.76 Å². The van der Waals surface area contributed by atoms with Crippen molar-refractivity contribution in [1.29, 1.82) is 0 Å². The molecule has 0 saturated carbocycles. The van der Waals surface area contributed by atoms with Crippen LogP contribution in [0.4, 0.5) is 4.39 Å². The molecule has 2 N–H and O–H groups in total. The first-order valence-electron chi connectivity index (χ1n) is 6.78. The van der Waals surface area contributed by atoms with Crippen LogP contribution < -0.4 is 10.5 Å². The molecule has 118 valence electrons. The van der Waals surface area contributed by atoms with Crippen molar-refractivity contribution in [3.63, 3.8) is 0 Å². The number of carbonyl (C=O) groups is 1. The summed E-state index contributed by atoms with van der Waals surface area (Å²) in [5.41, 5.74) is 5.94. The number of carbonyl (C=O) groups excluding carboxylic acids is 1. The van der Waals surface area contributed by atoms with E-state index in [0.717, 1.165) is 0 Å². The molecular formula is C15H18FN3O3. The molecule has 2 aromatic rings. The molecule has 1 atom stereocenters. The third-order valence-electron chi connectivity index (χ3n) is 3.29. The van der Waals surface area contributed by atoms with E-state index in [1.54, 1.807) is 37.1 Å². The molecule has 0 aliphatic rings. The average molecular weight is 307 g/mol. The van der Waals surface area contributed by atoms with Crippen LogP contribution in [0.5, 0.6) is 5.88 Å². The van der Waals surface area contributed by atoms with Crippen LogP contribution >= 0.6 is 0 Å². The van der Waals surface area contributed by atoms with Crippen molar-refractivity contribution < 1.29 is 18.4 Å². The number of nitrogens with zero attached hydrogens (tertiary/aromatic N) is 2. The van der Waals surface area contributed by atoms with Crippen molar-refractivity contribution in [1.82, 2.24) is 10.1 Å². The molecular weight excluding hydrogens is 289 g/mol. The van der Waals surface area contributed by atoms with Gasteiger partial charge in [0.25, 0.3) is 5.88 Å². The van der Waals surface area contributed by atoms with Gasteiger partial charge in [-0.15, -0.1) is 0 Å². The van der Waals surface area contributed by atoms with Gasteiger partial charge in [0.1, 0.15) is 12.4 Å². The largest absolute Gasteiger partial charge is 0.471 e. The Morgan fingerprint density at radius 2 is 2.27 bits per heavy atom. The van der Waals surface area contributed by atoms with Crippen LogP contribution in [0.25, 0.3) is 0 Å². The van der Waals surface area contributed by atoms with Gasteiger partial charge >= 0.3 is 0 Å². The molecule has 1 unspecified atom stereocenters. The van der Waals surface area contributed by atoms with Crippen LogP contribution in [-0.4, -0.2) is 29.1 Å². The van der Waals surface area contributed by atoms with Gasteiger partial charge in [-0.1, -0.05) is 12.1 Å². The minimum atomic E-state index is -0.415. The fraction of sp³-hybridized carbons (Fsp3) is 0.333. The topological polar surface area (TPSA) is 81.6 Å². The number of amides is 1. The van der Waals surface area contributed by atoms with Gasteiger partial charge in [-0.3, -0.25) is 9.69 Å². The van der Waals surface area contributed by atoms with E-state index in [4.69, 9.17) is 15.0 Å². The van der Waals surface area contributed by atoms with Gasteiger partial charge in [0, 0.05) is 6.07 Å². The van der Waals surface area contributed by atoms with Crippen molar-refractivity contribution in [2.45, 2.75) is 26.1 Å². The second-order valence-corrected chi connectivity index (χ2v) is 5.04. The second-order valence-electron chi connectivity index (χ2n) is 5.04. The molecule has 0 saturated heterocycles. The van der Waals surface area contributed by atoms with Gasteiger partial charge < -0.3 is 15.0 Å². The minimum Gasteiger partial charge on any atom is -0.471 e. The van der Waals surface area contributed by atoms with Crippen LogP contribution in [-0.2, 0) is 17.9 Å². The lowest BCUT2D eigenvalue weighted by molar-refractivity contribution is -0.122. The summed E-state index contributed by atoms with van der Waals surface area (Å²) in [5.74, 6) is 0.123. The maximum Gasteiger partial charge on any atom is 0.254 e. The number of benzene rings is 1. The molecule has 0 aliphatic carbocycles. The molecule has 0 fully saturated rings. The Bertz CT molecular complexity index is 644. The van der Waals surface area contributed by atoms with Gasteiger partial charge in [0.05, 0.1) is 12.6 Å². The van der Waals surface area contributed by atoms with E-state index >= 15 is 0 Å².